The minimum absolute atomic E-state index is 0.0198. The van der Waals surface area contributed by atoms with Gasteiger partial charge in [-0.1, -0.05) is 0 Å². The molecular formula is C22H28N4O3. The second-order valence-electron chi connectivity index (χ2n) is 8.06. The maximum absolute atomic E-state index is 12.7. The molecule has 4 heterocycles. The van der Waals surface area contributed by atoms with Gasteiger partial charge in [-0.25, -0.2) is 4.98 Å². The molecule has 1 amide bonds. The number of hydrogen-bond donors (Lipinski definition) is 0. The molecule has 2 aliphatic heterocycles. The fraction of sp³-hybridized carbons (Fsp3) is 0.500. The number of fused-ring (bicyclic) bond motifs is 1. The van der Waals surface area contributed by atoms with Crippen LogP contribution >= 0.6 is 0 Å². The van der Waals surface area contributed by atoms with Crippen LogP contribution in [0.15, 0.2) is 29.5 Å². The van der Waals surface area contributed by atoms with Gasteiger partial charge in [0.25, 0.3) is 5.91 Å². The highest BCUT2D eigenvalue weighted by Crippen LogP contribution is 2.32. The highest BCUT2D eigenvalue weighted by molar-refractivity contribution is 6.17. The summed E-state index contributed by atoms with van der Waals surface area (Å²) in [5.41, 5.74) is 4.49. The summed E-state index contributed by atoms with van der Waals surface area (Å²) in [5, 5.41) is 0. The maximum atomic E-state index is 12.7. The second-order valence-corrected chi connectivity index (χ2v) is 8.06. The Bertz CT molecular complexity index is 940. The van der Waals surface area contributed by atoms with Crippen molar-refractivity contribution in [3.63, 3.8) is 0 Å². The third-order valence-electron chi connectivity index (χ3n) is 5.40. The van der Waals surface area contributed by atoms with Crippen molar-refractivity contribution in [2.45, 2.75) is 45.4 Å². The third-order valence-corrected chi connectivity index (χ3v) is 5.40. The normalized spacial score (nSPS) is 16.7. The molecule has 2 aromatic rings. The zero-order chi connectivity index (χ0) is 20.5. The average molecular weight is 396 g/mol. The van der Waals surface area contributed by atoms with Crippen LogP contribution in [-0.2, 0) is 11.3 Å². The van der Waals surface area contributed by atoms with E-state index in [0.717, 1.165) is 35.2 Å². The number of carbonyl (C=O) groups is 1. The first-order valence-corrected chi connectivity index (χ1v) is 10.2. The smallest absolute Gasteiger partial charge is 0.269 e. The van der Waals surface area contributed by atoms with Crippen LogP contribution < -0.4 is 4.74 Å². The van der Waals surface area contributed by atoms with Crippen molar-refractivity contribution in [3.8, 4) is 5.88 Å². The quantitative estimate of drug-likeness (QED) is 0.779. The van der Waals surface area contributed by atoms with Crippen LogP contribution in [0.3, 0.4) is 0 Å². The highest BCUT2D eigenvalue weighted by atomic mass is 16.5. The summed E-state index contributed by atoms with van der Waals surface area (Å²) in [6.07, 6.45) is 5.63. The molecular weight excluding hydrogens is 368 g/mol. The van der Waals surface area contributed by atoms with Crippen molar-refractivity contribution in [1.29, 1.82) is 0 Å². The van der Waals surface area contributed by atoms with E-state index in [-0.39, 0.29) is 18.1 Å². The number of aliphatic imine (C=N–C) groups is 1. The van der Waals surface area contributed by atoms with E-state index in [1.807, 2.05) is 22.9 Å². The Morgan fingerprint density at radius 2 is 2.07 bits per heavy atom. The number of pyridine rings is 1. The van der Waals surface area contributed by atoms with Crippen LogP contribution in [0.2, 0.25) is 0 Å². The van der Waals surface area contributed by atoms with E-state index in [2.05, 4.69) is 18.8 Å². The lowest BCUT2D eigenvalue weighted by atomic mass is 10.0. The summed E-state index contributed by atoms with van der Waals surface area (Å²) < 4.78 is 13.7. The van der Waals surface area contributed by atoms with E-state index in [1.165, 1.54) is 0 Å². The van der Waals surface area contributed by atoms with Crippen LogP contribution in [0.25, 0.3) is 0 Å². The largest absolute Gasteiger partial charge is 0.474 e. The first-order chi connectivity index (χ1) is 14.0. The summed E-state index contributed by atoms with van der Waals surface area (Å²) in [7, 11) is 3.54. The molecule has 154 valence electrons. The maximum Gasteiger partial charge on any atom is 0.269 e. The van der Waals surface area contributed by atoms with Crippen molar-refractivity contribution >= 4 is 11.6 Å². The minimum Gasteiger partial charge on any atom is -0.474 e. The van der Waals surface area contributed by atoms with E-state index < -0.39 is 0 Å². The molecule has 0 N–H and O–H groups in total. The summed E-state index contributed by atoms with van der Waals surface area (Å²) in [6.45, 7) is 6.17. The lowest BCUT2D eigenvalue weighted by Gasteiger charge is -2.23. The van der Waals surface area contributed by atoms with Gasteiger partial charge in [0.15, 0.2) is 0 Å². The molecule has 0 spiro atoms. The van der Waals surface area contributed by atoms with Crippen LogP contribution in [0.5, 0.6) is 5.88 Å². The fourth-order valence-corrected chi connectivity index (χ4v) is 3.82. The van der Waals surface area contributed by atoms with Crippen LogP contribution in [-0.4, -0.2) is 59.5 Å². The predicted molar refractivity (Wildman–Crippen MR) is 111 cm³/mol. The van der Waals surface area contributed by atoms with Gasteiger partial charge in [0, 0.05) is 50.9 Å². The molecule has 4 rings (SSSR count). The molecule has 7 nitrogen and oxygen atoms in total. The predicted octanol–water partition coefficient (Wildman–Crippen LogP) is 3.07. The van der Waals surface area contributed by atoms with E-state index in [1.54, 1.807) is 25.2 Å². The van der Waals surface area contributed by atoms with E-state index >= 15 is 0 Å². The molecule has 0 aromatic carbocycles. The van der Waals surface area contributed by atoms with Gasteiger partial charge in [-0.2, -0.15) is 0 Å². The monoisotopic (exact) mass is 396 g/mol. The van der Waals surface area contributed by atoms with Crippen molar-refractivity contribution < 1.29 is 14.3 Å². The minimum atomic E-state index is -0.0198. The Morgan fingerprint density at radius 3 is 2.76 bits per heavy atom. The van der Waals surface area contributed by atoms with Crippen LogP contribution in [0.1, 0.15) is 59.9 Å². The molecule has 29 heavy (non-hydrogen) atoms. The molecule has 1 fully saturated rings. The van der Waals surface area contributed by atoms with E-state index in [4.69, 9.17) is 14.5 Å². The molecule has 0 aliphatic carbocycles. The van der Waals surface area contributed by atoms with Gasteiger partial charge in [0.2, 0.25) is 5.88 Å². The van der Waals surface area contributed by atoms with Gasteiger partial charge >= 0.3 is 0 Å². The molecule has 1 saturated heterocycles. The van der Waals surface area contributed by atoms with Gasteiger partial charge in [0.1, 0.15) is 11.8 Å². The van der Waals surface area contributed by atoms with Gasteiger partial charge in [0.05, 0.1) is 31.0 Å². The van der Waals surface area contributed by atoms with Crippen LogP contribution in [0.4, 0.5) is 0 Å². The Balaban J connectivity index is 1.71. The highest BCUT2D eigenvalue weighted by Gasteiger charge is 2.28. The zero-order valence-corrected chi connectivity index (χ0v) is 17.5. The lowest BCUT2D eigenvalue weighted by molar-refractivity contribution is 0.0236. The molecule has 2 aromatic heterocycles. The molecule has 0 unspecified atom stereocenters. The Kier molecular flexibility index (Phi) is 5.41. The van der Waals surface area contributed by atoms with Crippen molar-refractivity contribution in [3.05, 3.63) is 46.9 Å². The van der Waals surface area contributed by atoms with Crippen LogP contribution in [0, 0.1) is 0 Å². The fourth-order valence-electron chi connectivity index (χ4n) is 3.82. The first kappa shape index (κ1) is 19.6. The van der Waals surface area contributed by atoms with Crippen molar-refractivity contribution in [1.82, 2.24) is 14.5 Å². The average Bonchev–Trinajstić information content (AvgIpc) is 3.33. The van der Waals surface area contributed by atoms with Gasteiger partial charge in [-0.05, 0) is 31.5 Å². The number of aromatic nitrogens is 2. The Labute approximate surface area is 171 Å². The Hall–Kier alpha value is -2.67. The summed E-state index contributed by atoms with van der Waals surface area (Å²) in [5.74, 6) is 0.608. The summed E-state index contributed by atoms with van der Waals surface area (Å²) in [6, 6.07) is 4.09. The van der Waals surface area contributed by atoms with Gasteiger partial charge in [-0.3, -0.25) is 9.79 Å². The molecule has 2 aliphatic rings. The molecule has 0 saturated carbocycles. The van der Waals surface area contributed by atoms with Gasteiger partial charge in [-0.15, -0.1) is 0 Å². The molecule has 0 atom stereocenters. The zero-order valence-electron chi connectivity index (χ0n) is 17.5. The number of nitrogens with zero attached hydrogens (tertiary/aromatic N) is 4. The van der Waals surface area contributed by atoms with Gasteiger partial charge < -0.3 is 18.9 Å². The number of ether oxygens (including phenoxy) is 2. The Morgan fingerprint density at radius 1 is 1.31 bits per heavy atom. The third kappa shape index (κ3) is 3.79. The summed E-state index contributed by atoms with van der Waals surface area (Å²) >= 11 is 0. The van der Waals surface area contributed by atoms with Crippen molar-refractivity contribution in [2.75, 3.05) is 27.3 Å². The van der Waals surface area contributed by atoms with Crippen molar-refractivity contribution in [2.24, 2.45) is 4.99 Å². The molecule has 0 bridgehead atoms. The number of rotatable bonds is 5. The number of amides is 1. The standard InChI is InChI=1S/C22H28N4O3/c1-14(2)26-13-16(11-18(26)22(27)25(3)4)20-19-15(12-24-20)5-8-23-21(19)29-17-6-9-28-10-7-17/h5,8,11,13-14,17H,6-7,9-10,12H2,1-4H3. The number of hydrogen-bond acceptors (Lipinski definition) is 5. The molecule has 7 heteroatoms. The summed E-state index contributed by atoms with van der Waals surface area (Å²) in [4.78, 5) is 23.6. The number of carbonyl (C=O) groups excluding carboxylic acids is 1. The SMILES string of the molecule is CC(C)n1cc(C2=NCc3ccnc(OC4CCOCC4)c32)cc1C(=O)N(C)C. The second kappa shape index (κ2) is 7.99. The van der Waals surface area contributed by atoms with E-state index in [0.29, 0.717) is 31.3 Å². The first-order valence-electron chi connectivity index (χ1n) is 10.2. The van der Waals surface area contributed by atoms with E-state index in [9.17, 15) is 4.79 Å². The topological polar surface area (TPSA) is 69.0 Å². The molecule has 0 radical (unpaired) electrons. The lowest BCUT2D eigenvalue weighted by Crippen LogP contribution is -2.27.